The van der Waals surface area contributed by atoms with Crippen molar-refractivity contribution in [1.29, 1.82) is 0 Å². The molecule has 1 aromatic rings. The first kappa shape index (κ1) is 17.0. The zero-order valence-electron chi connectivity index (χ0n) is 14.0. The highest BCUT2D eigenvalue weighted by molar-refractivity contribution is 5.22. The van der Waals surface area contributed by atoms with E-state index in [9.17, 15) is 0 Å². The van der Waals surface area contributed by atoms with Crippen molar-refractivity contribution in [3.63, 3.8) is 0 Å². The van der Waals surface area contributed by atoms with Crippen LogP contribution in [0.3, 0.4) is 0 Å². The van der Waals surface area contributed by atoms with Gasteiger partial charge in [0.25, 0.3) is 0 Å². The van der Waals surface area contributed by atoms with Crippen LogP contribution in [-0.4, -0.2) is 18.4 Å². The van der Waals surface area contributed by atoms with Crippen LogP contribution in [0.5, 0.6) is 5.88 Å². The van der Waals surface area contributed by atoms with E-state index in [1.165, 1.54) is 5.56 Å². The normalized spacial score (nSPS) is 14.2. The molecule has 1 unspecified atom stereocenters. The van der Waals surface area contributed by atoms with Crippen molar-refractivity contribution in [2.75, 3.05) is 13.4 Å². The summed E-state index contributed by atoms with van der Waals surface area (Å²) in [7, 11) is 0. The van der Waals surface area contributed by atoms with Crippen LogP contribution < -0.4 is 4.74 Å². The van der Waals surface area contributed by atoms with Crippen LogP contribution in [0.4, 0.5) is 0 Å². The van der Waals surface area contributed by atoms with E-state index in [2.05, 4.69) is 59.5 Å². The van der Waals surface area contributed by atoms with Gasteiger partial charge in [-0.25, -0.2) is 4.98 Å². The number of hydrogen-bond acceptors (Lipinski definition) is 3. The van der Waals surface area contributed by atoms with Crippen molar-refractivity contribution in [3.05, 3.63) is 23.9 Å². The van der Waals surface area contributed by atoms with Crippen LogP contribution in [0, 0.1) is 10.8 Å². The molecule has 20 heavy (non-hydrogen) atoms. The first-order valence-corrected chi connectivity index (χ1v) is 7.26. The van der Waals surface area contributed by atoms with E-state index in [1.807, 2.05) is 12.3 Å². The third kappa shape index (κ3) is 5.91. The van der Waals surface area contributed by atoms with E-state index in [0.717, 1.165) is 0 Å². The Labute approximate surface area is 123 Å². The quantitative estimate of drug-likeness (QED) is 0.581. The minimum atomic E-state index is 0.156. The molecule has 0 fully saturated rings. The van der Waals surface area contributed by atoms with Crippen LogP contribution in [0.15, 0.2) is 18.3 Å². The van der Waals surface area contributed by atoms with Crippen LogP contribution in [0.1, 0.15) is 59.9 Å². The van der Waals surface area contributed by atoms with Crippen molar-refractivity contribution in [1.82, 2.24) is 4.98 Å². The second kappa shape index (κ2) is 6.57. The average molecular weight is 279 g/mol. The predicted octanol–water partition coefficient (Wildman–Crippen LogP) is 4.63. The number of rotatable bonds is 5. The summed E-state index contributed by atoms with van der Waals surface area (Å²) in [4.78, 5) is 4.35. The molecular weight excluding hydrogens is 250 g/mol. The predicted molar refractivity (Wildman–Crippen MR) is 83.0 cm³/mol. The lowest BCUT2D eigenvalue weighted by atomic mass is 9.78. The molecule has 0 radical (unpaired) electrons. The Balaban J connectivity index is 2.47. The summed E-state index contributed by atoms with van der Waals surface area (Å²) >= 11 is 0. The number of ether oxygens (including phenoxy) is 2. The number of aromatic nitrogens is 1. The lowest BCUT2D eigenvalue weighted by molar-refractivity contribution is -0.0195. The summed E-state index contributed by atoms with van der Waals surface area (Å²) in [6, 6.07) is 4.00. The molecule has 0 N–H and O–H groups in total. The van der Waals surface area contributed by atoms with Gasteiger partial charge >= 0.3 is 0 Å². The Morgan fingerprint density at radius 1 is 1.10 bits per heavy atom. The average Bonchev–Trinajstić information content (AvgIpc) is 2.32. The Hall–Kier alpha value is -1.09. The van der Waals surface area contributed by atoms with Gasteiger partial charge in [0, 0.05) is 12.3 Å². The maximum Gasteiger partial charge on any atom is 0.215 e. The Morgan fingerprint density at radius 3 is 2.20 bits per heavy atom. The van der Waals surface area contributed by atoms with Gasteiger partial charge in [0.1, 0.15) is 0 Å². The van der Waals surface area contributed by atoms with Crippen LogP contribution in [0.25, 0.3) is 0 Å². The van der Waals surface area contributed by atoms with E-state index in [4.69, 9.17) is 9.47 Å². The minimum absolute atomic E-state index is 0.156. The second-order valence-corrected chi connectivity index (χ2v) is 7.69. The van der Waals surface area contributed by atoms with Gasteiger partial charge in [0.2, 0.25) is 5.88 Å². The molecule has 0 saturated carbocycles. The molecule has 0 aliphatic carbocycles. The molecule has 0 aliphatic heterocycles. The highest BCUT2D eigenvalue weighted by Crippen LogP contribution is 2.34. The molecule has 1 rings (SSSR count). The molecule has 0 aromatic carbocycles. The molecule has 114 valence electrons. The SMILES string of the molecule is CC(c1ccc(OCOCC(C)(C)C)nc1)C(C)(C)C. The third-order valence-electron chi connectivity index (χ3n) is 3.38. The van der Waals surface area contributed by atoms with Gasteiger partial charge in [-0.2, -0.15) is 0 Å². The molecule has 0 spiro atoms. The standard InChI is InChI=1S/C17H29NO2/c1-13(17(5,6)7)14-8-9-15(18-10-14)20-12-19-11-16(2,3)4/h8-10,13H,11-12H2,1-7H3. The lowest BCUT2D eigenvalue weighted by Gasteiger charge is -2.27. The zero-order chi connectivity index (χ0) is 15.4. The van der Waals surface area contributed by atoms with E-state index < -0.39 is 0 Å². The van der Waals surface area contributed by atoms with Crippen molar-refractivity contribution in [2.24, 2.45) is 10.8 Å². The van der Waals surface area contributed by atoms with Crippen molar-refractivity contribution in [2.45, 2.75) is 54.4 Å². The maximum atomic E-state index is 5.49. The fourth-order valence-corrected chi connectivity index (χ4v) is 1.68. The fourth-order valence-electron chi connectivity index (χ4n) is 1.68. The van der Waals surface area contributed by atoms with Gasteiger partial charge in [0.15, 0.2) is 6.79 Å². The van der Waals surface area contributed by atoms with Gasteiger partial charge < -0.3 is 9.47 Å². The van der Waals surface area contributed by atoms with Crippen LogP contribution >= 0.6 is 0 Å². The van der Waals surface area contributed by atoms with Gasteiger partial charge in [-0.15, -0.1) is 0 Å². The largest absolute Gasteiger partial charge is 0.451 e. The first-order chi connectivity index (χ1) is 9.09. The van der Waals surface area contributed by atoms with Crippen molar-refractivity contribution in [3.8, 4) is 5.88 Å². The molecule has 1 atom stereocenters. The van der Waals surface area contributed by atoms with Crippen molar-refractivity contribution >= 4 is 0 Å². The Bertz CT molecular complexity index is 398. The maximum absolute atomic E-state index is 5.49. The third-order valence-corrected chi connectivity index (χ3v) is 3.38. The van der Waals surface area contributed by atoms with E-state index in [0.29, 0.717) is 18.4 Å². The molecule has 0 saturated heterocycles. The fraction of sp³-hybridized carbons (Fsp3) is 0.706. The molecule has 3 heteroatoms. The summed E-state index contributed by atoms with van der Waals surface area (Å²) < 4.78 is 11.0. The number of pyridine rings is 1. The molecular formula is C17H29NO2. The van der Waals surface area contributed by atoms with E-state index in [1.54, 1.807) is 0 Å². The van der Waals surface area contributed by atoms with E-state index >= 15 is 0 Å². The first-order valence-electron chi connectivity index (χ1n) is 7.26. The highest BCUT2D eigenvalue weighted by atomic mass is 16.7. The summed E-state index contributed by atoms with van der Waals surface area (Å²) in [5.41, 5.74) is 1.63. The topological polar surface area (TPSA) is 31.4 Å². The summed E-state index contributed by atoms with van der Waals surface area (Å²) in [5.74, 6) is 1.07. The Kier molecular flexibility index (Phi) is 5.58. The molecule has 0 bridgehead atoms. The monoisotopic (exact) mass is 279 g/mol. The number of nitrogens with zero attached hydrogens (tertiary/aromatic N) is 1. The summed E-state index contributed by atoms with van der Waals surface area (Å²) in [6.45, 7) is 16.3. The molecule has 0 amide bonds. The Morgan fingerprint density at radius 2 is 1.75 bits per heavy atom. The molecule has 1 heterocycles. The number of hydrogen-bond donors (Lipinski definition) is 0. The van der Waals surface area contributed by atoms with Gasteiger partial charge in [-0.1, -0.05) is 54.5 Å². The minimum Gasteiger partial charge on any atom is -0.451 e. The molecule has 0 aliphatic rings. The van der Waals surface area contributed by atoms with Gasteiger partial charge in [-0.05, 0) is 22.3 Å². The van der Waals surface area contributed by atoms with Crippen molar-refractivity contribution < 1.29 is 9.47 Å². The molecule has 3 nitrogen and oxygen atoms in total. The van der Waals surface area contributed by atoms with Gasteiger partial charge in [0.05, 0.1) is 6.61 Å². The zero-order valence-corrected chi connectivity index (χ0v) is 14.0. The summed E-state index contributed by atoms with van der Waals surface area (Å²) in [6.07, 6.45) is 1.90. The highest BCUT2D eigenvalue weighted by Gasteiger charge is 2.21. The summed E-state index contributed by atoms with van der Waals surface area (Å²) in [5, 5.41) is 0. The van der Waals surface area contributed by atoms with E-state index in [-0.39, 0.29) is 17.6 Å². The lowest BCUT2D eigenvalue weighted by Crippen LogP contribution is -2.17. The van der Waals surface area contributed by atoms with Gasteiger partial charge in [-0.3, -0.25) is 0 Å². The van der Waals surface area contributed by atoms with Crippen LogP contribution in [0.2, 0.25) is 0 Å². The van der Waals surface area contributed by atoms with Crippen LogP contribution in [-0.2, 0) is 4.74 Å². The smallest absolute Gasteiger partial charge is 0.215 e. The second-order valence-electron chi connectivity index (χ2n) is 7.69. The molecule has 1 aromatic heterocycles.